The number of rotatable bonds is 14. The van der Waals surface area contributed by atoms with Gasteiger partial charge in [-0.25, -0.2) is 8.42 Å². The van der Waals surface area contributed by atoms with Gasteiger partial charge in [-0.15, -0.1) is 10.2 Å². The number of halogens is 2. The molecule has 13 heteroatoms. The Morgan fingerprint density at radius 3 is 2.45 bits per heavy atom. The van der Waals surface area contributed by atoms with E-state index in [-0.39, 0.29) is 28.3 Å². The van der Waals surface area contributed by atoms with Gasteiger partial charge >= 0.3 is 0 Å². The lowest BCUT2D eigenvalue weighted by Gasteiger charge is -2.19. The molecule has 3 aromatic carbocycles. The van der Waals surface area contributed by atoms with Gasteiger partial charge in [0.1, 0.15) is 5.75 Å². The third-order valence-electron chi connectivity index (χ3n) is 6.80. The van der Waals surface area contributed by atoms with Crippen molar-refractivity contribution in [3.05, 3.63) is 76.8 Å². The van der Waals surface area contributed by atoms with Crippen LogP contribution in [0.5, 0.6) is 5.75 Å². The zero-order chi connectivity index (χ0) is 31.9. The van der Waals surface area contributed by atoms with Crippen LogP contribution in [-0.4, -0.2) is 42.0 Å². The predicted molar refractivity (Wildman–Crippen MR) is 178 cm³/mol. The molecule has 0 saturated heterocycles. The van der Waals surface area contributed by atoms with E-state index >= 15 is 0 Å². The minimum absolute atomic E-state index is 0.00813. The summed E-state index contributed by atoms with van der Waals surface area (Å²) in [6.07, 6.45) is 2.92. The van der Waals surface area contributed by atoms with Gasteiger partial charge in [-0.2, -0.15) is 0 Å². The third-order valence-corrected chi connectivity index (χ3v) is 9.73. The Labute approximate surface area is 272 Å². The summed E-state index contributed by atoms with van der Waals surface area (Å²) in [6.45, 7) is 6.46. The monoisotopic (exact) mass is 675 g/mol. The van der Waals surface area contributed by atoms with Gasteiger partial charge in [-0.3, -0.25) is 14.1 Å². The first-order valence-electron chi connectivity index (χ1n) is 14.1. The van der Waals surface area contributed by atoms with Gasteiger partial charge in [0.15, 0.2) is 11.0 Å². The van der Waals surface area contributed by atoms with Crippen LogP contribution < -0.4 is 14.8 Å². The number of para-hydroxylation sites is 1. The number of carbonyl (C=O) groups is 1. The summed E-state index contributed by atoms with van der Waals surface area (Å²) in [5.41, 5.74) is 1.42. The number of benzene rings is 3. The van der Waals surface area contributed by atoms with Crippen molar-refractivity contribution in [1.29, 1.82) is 0 Å². The summed E-state index contributed by atoms with van der Waals surface area (Å²) in [5.74, 6) is 1.44. The molecule has 2 N–H and O–H groups in total. The number of hydrogen-bond donors (Lipinski definition) is 2. The number of methoxy groups -OCH3 is 1. The quantitative estimate of drug-likeness (QED) is 0.130. The number of carbonyl (C=O) groups excluding carboxylic acids is 1. The number of anilines is 2. The lowest BCUT2D eigenvalue weighted by Crippen LogP contribution is -2.15. The molecule has 0 bridgehead atoms. The Balaban J connectivity index is 1.59. The molecule has 9 nitrogen and oxygen atoms in total. The van der Waals surface area contributed by atoms with Crippen LogP contribution in [0.2, 0.25) is 10.0 Å². The molecule has 0 saturated carbocycles. The molecule has 4 rings (SSSR count). The average Bonchev–Trinajstić information content (AvgIpc) is 3.41. The van der Waals surface area contributed by atoms with Gasteiger partial charge in [0.05, 0.1) is 33.5 Å². The first kappa shape index (κ1) is 33.6. The van der Waals surface area contributed by atoms with Crippen LogP contribution in [0.15, 0.2) is 76.8 Å². The maximum Gasteiger partial charge on any atom is 0.261 e. The summed E-state index contributed by atoms with van der Waals surface area (Å²) in [7, 11) is -2.42. The summed E-state index contributed by atoms with van der Waals surface area (Å²) in [6, 6.07) is 18.2. The second-order valence-corrected chi connectivity index (χ2v) is 14.1. The maximum atomic E-state index is 13.3. The number of amides is 1. The van der Waals surface area contributed by atoms with Crippen LogP contribution in [0.25, 0.3) is 11.4 Å². The fourth-order valence-corrected chi connectivity index (χ4v) is 7.00. The first-order valence-corrected chi connectivity index (χ1v) is 17.3. The lowest BCUT2D eigenvalue weighted by atomic mass is 10.0. The van der Waals surface area contributed by atoms with Crippen molar-refractivity contribution < 1.29 is 17.9 Å². The molecule has 234 valence electrons. The van der Waals surface area contributed by atoms with E-state index in [4.69, 9.17) is 27.9 Å². The number of sulfonamides is 1. The largest absolute Gasteiger partial charge is 0.495 e. The third kappa shape index (κ3) is 8.68. The number of hydrogen-bond acceptors (Lipinski definition) is 7. The van der Waals surface area contributed by atoms with E-state index in [1.54, 1.807) is 60.7 Å². The molecule has 0 fully saturated rings. The number of nitrogens with zero attached hydrogens (tertiary/aromatic N) is 3. The normalized spacial score (nSPS) is 12.2. The van der Waals surface area contributed by atoms with Gasteiger partial charge < -0.3 is 10.1 Å². The highest BCUT2D eigenvalue weighted by atomic mass is 35.5. The molecule has 4 aromatic rings. The highest BCUT2D eigenvalue weighted by molar-refractivity contribution is 7.99. The molecule has 1 heterocycles. The molecule has 1 amide bonds. The van der Waals surface area contributed by atoms with E-state index in [2.05, 4.69) is 41.0 Å². The minimum Gasteiger partial charge on any atom is -0.495 e. The van der Waals surface area contributed by atoms with Gasteiger partial charge in [-0.05, 0) is 61.7 Å². The standard InChI is InChI=1S/C31H35Cl2N5O4S2/c1-20(2)9-7-10-21(3)38-30(22-11-8-12-24(17-22)44(40,41)37-27-14-6-5-13-25(27)32)35-36-31(38)43-19-29(39)34-23-15-16-28(42-4)26(33)18-23/h5-6,8,11-18,20-21,37H,7,9-10,19H2,1-4H3,(H,34,39). The summed E-state index contributed by atoms with van der Waals surface area (Å²) in [4.78, 5) is 12.9. The average molecular weight is 677 g/mol. The van der Waals surface area contributed by atoms with Crippen molar-refractivity contribution in [2.24, 2.45) is 5.92 Å². The lowest BCUT2D eigenvalue weighted by molar-refractivity contribution is -0.113. The Bertz CT molecular complexity index is 1710. The summed E-state index contributed by atoms with van der Waals surface area (Å²) < 4.78 is 36.3. The maximum absolute atomic E-state index is 13.3. The van der Waals surface area contributed by atoms with Gasteiger partial charge in [0.25, 0.3) is 10.0 Å². The number of ether oxygens (including phenoxy) is 1. The van der Waals surface area contributed by atoms with E-state index in [9.17, 15) is 13.2 Å². The van der Waals surface area contributed by atoms with Gasteiger partial charge in [0.2, 0.25) is 5.91 Å². The molecular formula is C31H35Cl2N5O4S2. The molecule has 0 aliphatic rings. The molecule has 0 radical (unpaired) electrons. The molecule has 1 atom stereocenters. The van der Waals surface area contributed by atoms with Crippen LogP contribution in [0, 0.1) is 5.92 Å². The van der Waals surface area contributed by atoms with E-state index in [0.29, 0.717) is 43.9 Å². The predicted octanol–water partition coefficient (Wildman–Crippen LogP) is 8.18. The molecule has 1 aromatic heterocycles. The topological polar surface area (TPSA) is 115 Å². The SMILES string of the molecule is COc1ccc(NC(=O)CSc2nnc(-c3cccc(S(=O)(=O)Nc4ccccc4Cl)c3)n2C(C)CCCC(C)C)cc1Cl. The summed E-state index contributed by atoms with van der Waals surface area (Å²) >= 11 is 13.6. The van der Waals surface area contributed by atoms with Crippen LogP contribution in [0.3, 0.4) is 0 Å². The number of thioether (sulfide) groups is 1. The van der Waals surface area contributed by atoms with E-state index in [1.165, 1.54) is 24.9 Å². The molecule has 0 spiro atoms. The van der Waals surface area contributed by atoms with E-state index in [0.717, 1.165) is 19.3 Å². The van der Waals surface area contributed by atoms with Crippen molar-refractivity contribution in [2.45, 2.75) is 56.1 Å². The zero-order valence-electron chi connectivity index (χ0n) is 24.9. The molecular weight excluding hydrogens is 641 g/mol. The van der Waals surface area contributed by atoms with Crippen molar-refractivity contribution >= 4 is 62.3 Å². The van der Waals surface area contributed by atoms with Crippen molar-refractivity contribution in [3.63, 3.8) is 0 Å². The second kappa shape index (κ2) is 15.2. The van der Waals surface area contributed by atoms with Crippen molar-refractivity contribution in [3.8, 4) is 17.1 Å². The Morgan fingerprint density at radius 2 is 1.75 bits per heavy atom. The molecule has 44 heavy (non-hydrogen) atoms. The van der Waals surface area contributed by atoms with Crippen LogP contribution >= 0.6 is 35.0 Å². The van der Waals surface area contributed by atoms with Crippen LogP contribution in [0.4, 0.5) is 11.4 Å². The van der Waals surface area contributed by atoms with Crippen LogP contribution in [0.1, 0.15) is 46.1 Å². The fourth-order valence-electron chi connectivity index (χ4n) is 4.54. The highest BCUT2D eigenvalue weighted by Gasteiger charge is 2.23. The second-order valence-electron chi connectivity index (χ2n) is 10.6. The van der Waals surface area contributed by atoms with Crippen LogP contribution in [-0.2, 0) is 14.8 Å². The molecule has 0 aliphatic heterocycles. The Kier molecular flexibility index (Phi) is 11.6. The van der Waals surface area contributed by atoms with E-state index in [1.807, 2.05) is 4.57 Å². The van der Waals surface area contributed by atoms with Crippen molar-refractivity contribution in [1.82, 2.24) is 14.8 Å². The zero-order valence-corrected chi connectivity index (χ0v) is 28.0. The first-order chi connectivity index (χ1) is 21.0. The minimum atomic E-state index is -3.94. The Morgan fingerprint density at radius 1 is 0.977 bits per heavy atom. The smallest absolute Gasteiger partial charge is 0.261 e. The van der Waals surface area contributed by atoms with Gasteiger partial charge in [-0.1, -0.05) is 85.9 Å². The highest BCUT2D eigenvalue weighted by Crippen LogP contribution is 2.33. The molecule has 0 aliphatic carbocycles. The Hall–Kier alpha value is -3.25. The van der Waals surface area contributed by atoms with Gasteiger partial charge in [0, 0.05) is 17.3 Å². The fraction of sp³-hybridized carbons (Fsp3) is 0.323. The van der Waals surface area contributed by atoms with E-state index < -0.39 is 10.0 Å². The number of aromatic nitrogens is 3. The summed E-state index contributed by atoms with van der Waals surface area (Å²) in [5, 5.41) is 13.0. The number of nitrogens with one attached hydrogen (secondary N) is 2. The molecule has 1 unspecified atom stereocenters. The van der Waals surface area contributed by atoms with Crippen molar-refractivity contribution in [2.75, 3.05) is 22.9 Å².